The number of fused-ring (bicyclic) bond motifs is 1. The lowest BCUT2D eigenvalue weighted by Crippen LogP contribution is -2.13. The molecule has 1 aromatic heterocycles. The molecule has 0 saturated carbocycles. The van der Waals surface area contributed by atoms with Gasteiger partial charge in [0.15, 0.2) is 0 Å². The Morgan fingerprint density at radius 3 is 2.38 bits per heavy atom. The first-order valence-corrected chi connectivity index (χ1v) is 7.96. The number of nitrogens with two attached hydrogens (primary N) is 1. The highest BCUT2D eigenvalue weighted by Gasteiger charge is 2.20. The van der Waals surface area contributed by atoms with Crippen LogP contribution in [0.3, 0.4) is 0 Å². The number of methoxy groups -OCH3 is 1. The maximum Gasteiger partial charge on any atom is 0.325 e. The molecule has 128 valence electrons. The number of nitriles is 2. The van der Waals surface area contributed by atoms with Crippen LogP contribution in [0, 0.1) is 22.7 Å². The topological polar surface area (TPSA) is 105 Å². The number of carbonyl (C=O) groups is 1. The van der Waals surface area contributed by atoms with E-state index in [0.29, 0.717) is 27.3 Å². The third-order valence-electron chi connectivity index (χ3n) is 4.13. The molecule has 6 nitrogen and oxygen atoms in total. The first-order valence-electron chi connectivity index (χ1n) is 7.58. The highest BCUT2D eigenvalue weighted by molar-refractivity contribution is 6.30. The molecular formula is C19H13ClN4O2. The van der Waals surface area contributed by atoms with Gasteiger partial charge in [0.1, 0.15) is 24.5 Å². The van der Waals surface area contributed by atoms with Crippen LogP contribution in [0.1, 0.15) is 11.1 Å². The number of hydrogen-bond acceptors (Lipinski definition) is 5. The largest absolute Gasteiger partial charge is 0.468 e. The number of nitrogen functional groups attached to an aromatic ring is 1. The fraction of sp³-hybridized carbons (Fsp3) is 0.105. The highest BCUT2D eigenvalue weighted by Crippen LogP contribution is 2.38. The van der Waals surface area contributed by atoms with Crippen molar-refractivity contribution in [3.05, 3.63) is 52.5 Å². The Morgan fingerprint density at radius 1 is 1.19 bits per heavy atom. The number of anilines is 1. The van der Waals surface area contributed by atoms with Crippen molar-refractivity contribution in [3.8, 4) is 23.3 Å². The number of rotatable bonds is 3. The quantitative estimate of drug-likeness (QED) is 0.716. The Labute approximate surface area is 154 Å². The lowest BCUT2D eigenvalue weighted by molar-refractivity contribution is -0.141. The van der Waals surface area contributed by atoms with Crippen LogP contribution in [0.4, 0.5) is 5.82 Å². The average Bonchev–Trinajstić information content (AvgIpc) is 2.92. The third kappa shape index (κ3) is 2.83. The SMILES string of the molecule is COC(=O)Cn1c(N)c(-c2ccc(Cl)cc2)c2cc(C#N)c(C#N)cc21. The van der Waals surface area contributed by atoms with Crippen molar-refractivity contribution < 1.29 is 9.53 Å². The minimum atomic E-state index is -0.473. The monoisotopic (exact) mass is 364 g/mol. The molecule has 26 heavy (non-hydrogen) atoms. The molecule has 0 fully saturated rings. The van der Waals surface area contributed by atoms with Gasteiger partial charge in [-0.1, -0.05) is 23.7 Å². The molecule has 0 aliphatic carbocycles. The lowest BCUT2D eigenvalue weighted by atomic mass is 10.0. The van der Waals surface area contributed by atoms with Gasteiger partial charge >= 0.3 is 5.97 Å². The molecule has 2 N–H and O–H groups in total. The van der Waals surface area contributed by atoms with E-state index in [1.165, 1.54) is 7.11 Å². The fourth-order valence-electron chi connectivity index (χ4n) is 2.88. The molecule has 0 unspecified atom stereocenters. The van der Waals surface area contributed by atoms with Crippen molar-refractivity contribution in [1.82, 2.24) is 4.57 Å². The average molecular weight is 365 g/mol. The predicted octanol–water partition coefficient (Wildman–Crippen LogP) is 3.46. The lowest BCUT2D eigenvalue weighted by Gasteiger charge is -2.07. The van der Waals surface area contributed by atoms with E-state index in [4.69, 9.17) is 22.1 Å². The van der Waals surface area contributed by atoms with Crippen molar-refractivity contribution in [2.24, 2.45) is 0 Å². The predicted molar refractivity (Wildman–Crippen MR) is 98.2 cm³/mol. The summed E-state index contributed by atoms with van der Waals surface area (Å²) >= 11 is 5.96. The van der Waals surface area contributed by atoms with Gasteiger partial charge in [0.25, 0.3) is 0 Å². The molecule has 0 spiro atoms. The molecule has 0 radical (unpaired) electrons. The minimum Gasteiger partial charge on any atom is -0.468 e. The standard InChI is InChI=1S/C19H13ClN4O2/c1-26-17(25)10-24-16-7-13(9-22)12(8-21)6-15(16)18(19(24)23)11-2-4-14(20)5-3-11/h2-7H,10,23H2,1H3. The Balaban J connectivity index is 2.38. The van der Waals surface area contributed by atoms with Crippen molar-refractivity contribution in [2.75, 3.05) is 12.8 Å². The summed E-state index contributed by atoms with van der Waals surface area (Å²) < 4.78 is 6.32. The Hall–Kier alpha value is -3.48. The van der Waals surface area contributed by atoms with Crippen molar-refractivity contribution >= 4 is 34.3 Å². The molecule has 2 aromatic carbocycles. The summed E-state index contributed by atoms with van der Waals surface area (Å²) in [5.41, 5.74) is 8.82. The van der Waals surface area contributed by atoms with Crippen LogP contribution in [0.5, 0.6) is 0 Å². The normalized spacial score (nSPS) is 10.3. The number of aromatic nitrogens is 1. The van der Waals surface area contributed by atoms with Gasteiger partial charge in [-0.15, -0.1) is 0 Å². The van der Waals surface area contributed by atoms with Crippen molar-refractivity contribution in [3.63, 3.8) is 0 Å². The smallest absolute Gasteiger partial charge is 0.325 e. The molecule has 0 bridgehead atoms. The summed E-state index contributed by atoms with van der Waals surface area (Å²) in [6.07, 6.45) is 0. The van der Waals surface area contributed by atoms with Crippen LogP contribution in [0.25, 0.3) is 22.0 Å². The summed E-state index contributed by atoms with van der Waals surface area (Å²) in [6, 6.07) is 14.3. The second-order valence-electron chi connectivity index (χ2n) is 5.57. The van der Waals surface area contributed by atoms with E-state index in [1.54, 1.807) is 41.0 Å². The molecule has 0 aliphatic rings. The van der Waals surface area contributed by atoms with Crippen molar-refractivity contribution in [1.29, 1.82) is 10.5 Å². The van der Waals surface area contributed by atoms with E-state index in [2.05, 4.69) is 0 Å². The summed E-state index contributed by atoms with van der Waals surface area (Å²) in [6.45, 7) is -0.108. The number of esters is 1. The van der Waals surface area contributed by atoms with E-state index >= 15 is 0 Å². The van der Waals surface area contributed by atoms with Crippen molar-refractivity contribution in [2.45, 2.75) is 6.54 Å². The Kier molecular flexibility index (Phi) is 4.53. The van der Waals surface area contributed by atoms with Gasteiger partial charge in [-0.25, -0.2) is 0 Å². The molecule has 0 saturated heterocycles. The summed E-state index contributed by atoms with van der Waals surface area (Å²) in [5.74, 6) is -0.133. The molecule has 3 rings (SSSR count). The fourth-order valence-corrected chi connectivity index (χ4v) is 3.01. The molecule has 0 atom stereocenters. The number of halogens is 1. The molecule has 0 aliphatic heterocycles. The van der Waals surface area contributed by atoms with Crippen LogP contribution >= 0.6 is 11.6 Å². The maximum atomic E-state index is 11.8. The number of ether oxygens (including phenoxy) is 1. The summed E-state index contributed by atoms with van der Waals surface area (Å²) in [7, 11) is 1.29. The van der Waals surface area contributed by atoms with Gasteiger partial charge in [0.2, 0.25) is 0 Å². The molecular weight excluding hydrogens is 352 g/mol. The first kappa shape index (κ1) is 17.3. The first-order chi connectivity index (χ1) is 12.5. The van der Waals surface area contributed by atoms with Gasteiger partial charge < -0.3 is 15.0 Å². The van der Waals surface area contributed by atoms with E-state index in [-0.39, 0.29) is 17.7 Å². The van der Waals surface area contributed by atoms with Gasteiger partial charge in [-0.2, -0.15) is 10.5 Å². The van der Waals surface area contributed by atoms with Gasteiger partial charge in [-0.05, 0) is 29.8 Å². The number of benzene rings is 2. The Bertz CT molecular complexity index is 1100. The second kappa shape index (κ2) is 6.79. The zero-order chi connectivity index (χ0) is 18.8. The van der Waals surface area contributed by atoms with Crippen LogP contribution in [0.2, 0.25) is 5.02 Å². The van der Waals surface area contributed by atoms with Crippen LogP contribution < -0.4 is 5.73 Å². The zero-order valence-corrected chi connectivity index (χ0v) is 14.5. The maximum absolute atomic E-state index is 11.8. The van der Waals surface area contributed by atoms with Crippen LogP contribution in [-0.2, 0) is 16.1 Å². The number of carbonyl (C=O) groups excluding carboxylic acids is 1. The van der Waals surface area contributed by atoms with E-state index < -0.39 is 5.97 Å². The summed E-state index contributed by atoms with van der Waals surface area (Å²) in [5, 5.41) is 19.9. The third-order valence-corrected chi connectivity index (χ3v) is 4.38. The number of nitrogens with zero attached hydrogens (tertiary/aromatic N) is 3. The van der Waals surface area contributed by atoms with Crippen LogP contribution in [-0.4, -0.2) is 17.6 Å². The van der Waals surface area contributed by atoms with Gasteiger partial charge in [0.05, 0.1) is 23.8 Å². The molecule has 0 amide bonds. The van der Waals surface area contributed by atoms with Gasteiger partial charge in [-0.3, -0.25) is 4.79 Å². The highest BCUT2D eigenvalue weighted by atomic mass is 35.5. The molecule has 7 heteroatoms. The second-order valence-corrected chi connectivity index (χ2v) is 6.00. The van der Waals surface area contributed by atoms with E-state index in [0.717, 1.165) is 5.56 Å². The van der Waals surface area contributed by atoms with Crippen LogP contribution in [0.15, 0.2) is 36.4 Å². The molecule has 3 aromatic rings. The molecule has 1 heterocycles. The van der Waals surface area contributed by atoms with Gasteiger partial charge in [0, 0.05) is 16.0 Å². The zero-order valence-electron chi connectivity index (χ0n) is 13.8. The minimum absolute atomic E-state index is 0.108. The Morgan fingerprint density at radius 2 is 1.81 bits per heavy atom. The van der Waals surface area contributed by atoms with E-state index in [9.17, 15) is 15.3 Å². The number of hydrogen-bond donors (Lipinski definition) is 1. The van der Waals surface area contributed by atoms with E-state index in [1.807, 2.05) is 12.1 Å². The summed E-state index contributed by atoms with van der Waals surface area (Å²) in [4.78, 5) is 11.8.